The van der Waals surface area contributed by atoms with Gasteiger partial charge in [-0.1, -0.05) is 0 Å². The van der Waals surface area contributed by atoms with Gasteiger partial charge in [0.05, 0.1) is 5.69 Å². The van der Waals surface area contributed by atoms with Gasteiger partial charge in [-0.2, -0.15) is 5.10 Å². The molecule has 1 saturated carbocycles. The lowest BCUT2D eigenvalue weighted by Gasteiger charge is -2.11. The number of benzene rings is 1. The van der Waals surface area contributed by atoms with E-state index in [9.17, 15) is 13.6 Å². The van der Waals surface area contributed by atoms with Gasteiger partial charge in [-0.3, -0.25) is 10.2 Å². The predicted octanol–water partition coefficient (Wildman–Crippen LogP) is 2.88. The molecule has 1 aromatic carbocycles. The molecule has 0 saturated heterocycles. The van der Waals surface area contributed by atoms with Crippen molar-refractivity contribution in [3.8, 4) is 0 Å². The van der Waals surface area contributed by atoms with Gasteiger partial charge in [-0.15, -0.1) is 0 Å². The van der Waals surface area contributed by atoms with E-state index < -0.39 is 11.6 Å². The van der Waals surface area contributed by atoms with Crippen molar-refractivity contribution >= 4 is 17.2 Å². The molecular weight excluding hydrogens is 226 g/mol. The molecule has 3 nitrogen and oxygen atoms in total. The molecule has 1 aromatic rings. The zero-order valence-electron chi connectivity index (χ0n) is 9.17. The minimum absolute atomic E-state index is 0.00808. The number of anilines is 1. The van der Waals surface area contributed by atoms with E-state index in [1.54, 1.807) is 0 Å². The molecular formula is C12H12F2N2O. The number of rotatable bonds is 2. The molecule has 0 heterocycles. The molecule has 0 amide bonds. The fourth-order valence-corrected chi connectivity index (χ4v) is 1.69. The van der Waals surface area contributed by atoms with Crippen molar-refractivity contribution in [2.24, 2.45) is 5.10 Å². The minimum atomic E-state index is -0.724. The predicted molar refractivity (Wildman–Crippen MR) is 60.9 cm³/mol. The van der Waals surface area contributed by atoms with Crippen LogP contribution in [-0.2, 0) is 4.79 Å². The number of hydrogen-bond acceptors (Lipinski definition) is 3. The van der Waals surface area contributed by atoms with E-state index in [1.807, 2.05) is 0 Å². The van der Waals surface area contributed by atoms with Gasteiger partial charge in [0.2, 0.25) is 0 Å². The second-order valence-corrected chi connectivity index (χ2v) is 3.92. The number of carbonyl (C=O) groups excluding carboxylic acids is 1. The van der Waals surface area contributed by atoms with Crippen LogP contribution in [0.1, 0.15) is 25.7 Å². The van der Waals surface area contributed by atoms with Crippen LogP contribution in [0.25, 0.3) is 0 Å². The van der Waals surface area contributed by atoms with Crippen LogP contribution in [0.5, 0.6) is 0 Å². The maximum atomic E-state index is 13.2. The van der Waals surface area contributed by atoms with Crippen molar-refractivity contribution in [2.75, 3.05) is 5.43 Å². The van der Waals surface area contributed by atoms with E-state index in [1.165, 1.54) is 6.07 Å². The minimum Gasteiger partial charge on any atom is -0.293 e. The van der Waals surface area contributed by atoms with E-state index in [0.29, 0.717) is 18.6 Å². The highest BCUT2D eigenvalue weighted by Gasteiger charge is 2.16. The molecule has 2 rings (SSSR count). The molecule has 1 aliphatic rings. The maximum Gasteiger partial charge on any atom is 0.178 e. The molecule has 0 aliphatic heterocycles. The zero-order valence-corrected chi connectivity index (χ0v) is 9.17. The van der Waals surface area contributed by atoms with Crippen LogP contribution in [0.15, 0.2) is 23.3 Å². The van der Waals surface area contributed by atoms with Gasteiger partial charge >= 0.3 is 0 Å². The lowest BCUT2D eigenvalue weighted by atomic mass is 9.97. The summed E-state index contributed by atoms with van der Waals surface area (Å²) in [4.78, 5) is 11.4. The summed E-state index contributed by atoms with van der Waals surface area (Å²) < 4.78 is 25.9. The van der Waals surface area contributed by atoms with E-state index in [4.69, 9.17) is 0 Å². The highest BCUT2D eigenvalue weighted by molar-refractivity contribution is 6.40. The van der Waals surface area contributed by atoms with Crippen LogP contribution in [0.3, 0.4) is 0 Å². The molecule has 0 unspecified atom stereocenters. The second kappa shape index (κ2) is 5.03. The quantitative estimate of drug-likeness (QED) is 0.805. The standard InChI is InChI=1S/C12H12F2N2O/c13-8-5-6-10(9(14)7-8)15-16-11-3-1-2-4-12(11)17/h5-7,15H,1-4H2/b16-11-. The Morgan fingerprint density at radius 2 is 1.94 bits per heavy atom. The summed E-state index contributed by atoms with van der Waals surface area (Å²) in [7, 11) is 0. The van der Waals surface area contributed by atoms with Crippen LogP contribution < -0.4 is 5.43 Å². The lowest BCUT2D eigenvalue weighted by molar-refractivity contribution is -0.113. The Balaban J connectivity index is 2.10. The van der Waals surface area contributed by atoms with Crippen LogP contribution in [-0.4, -0.2) is 11.5 Å². The number of ketones is 1. The molecule has 1 aliphatic carbocycles. The molecule has 17 heavy (non-hydrogen) atoms. The van der Waals surface area contributed by atoms with Crippen molar-refractivity contribution in [3.63, 3.8) is 0 Å². The largest absolute Gasteiger partial charge is 0.293 e. The topological polar surface area (TPSA) is 41.5 Å². The van der Waals surface area contributed by atoms with Gasteiger partial charge < -0.3 is 0 Å². The van der Waals surface area contributed by atoms with Crippen LogP contribution in [0, 0.1) is 11.6 Å². The van der Waals surface area contributed by atoms with Gasteiger partial charge in [0.1, 0.15) is 11.5 Å². The Bertz CT molecular complexity index is 472. The molecule has 1 N–H and O–H groups in total. The van der Waals surface area contributed by atoms with Crippen molar-refractivity contribution in [1.82, 2.24) is 0 Å². The van der Waals surface area contributed by atoms with Crippen LogP contribution in [0.4, 0.5) is 14.5 Å². The van der Waals surface area contributed by atoms with E-state index in [-0.39, 0.29) is 11.5 Å². The molecule has 0 radical (unpaired) electrons. The third-order valence-electron chi connectivity index (χ3n) is 2.63. The van der Waals surface area contributed by atoms with Gasteiger partial charge in [-0.05, 0) is 31.4 Å². The number of Topliss-reactive ketones (excluding diaryl/α,β-unsaturated/α-hetero) is 1. The monoisotopic (exact) mass is 238 g/mol. The number of carbonyl (C=O) groups is 1. The van der Waals surface area contributed by atoms with Crippen LogP contribution >= 0.6 is 0 Å². The third-order valence-corrected chi connectivity index (χ3v) is 2.63. The number of nitrogens with one attached hydrogen (secondary N) is 1. The molecule has 0 aromatic heterocycles. The molecule has 90 valence electrons. The average molecular weight is 238 g/mol. The van der Waals surface area contributed by atoms with Gasteiger partial charge in [0.25, 0.3) is 0 Å². The maximum absolute atomic E-state index is 13.2. The third kappa shape index (κ3) is 2.87. The number of hydrazone groups is 1. The Hall–Kier alpha value is -1.78. The van der Waals surface area contributed by atoms with E-state index in [2.05, 4.69) is 10.5 Å². The molecule has 1 fully saturated rings. The molecule has 0 spiro atoms. The average Bonchev–Trinajstić information content (AvgIpc) is 2.30. The van der Waals surface area contributed by atoms with Crippen molar-refractivity contribution < 1.29 is 13.6 Å². The van der Waals surface area contributed by atoms with Crippen molar-refractivity contribution in [2.45, 2.75) is 25.7 Å². The number of hydrogen-bond donors (Lipinski definition) is 1. The van der Waals surface area contributed by atoms with Gasteiger partial charge in [0.15, 0.2) is 11.6 Å². The molecule has 5 heteroatoms. The highest BCUT2D eigenvalue weighted by Crippen LogP contribution is 2.16. The first-order chi connectivity index (χ1) is 8.16. The SMILES string of the molecule is O=C1CCCC/C1=N/Nc1ccc(F)cc1F. The lowest BCUT2D eigenvalue weighted by Crippen LogP contribution is -2.19. The smallest absolute Gasteiger partial charge is 0.178 e. The second-order valence-electron chi connectivity index (χ2n) is 3.92. The van der Waals surface area contributed by atoms with E-state index >= 15 is 0 Å². The first-order valence-corrected chi connectivity index (χ1v) is 5.47. The molecule has 0 atom stereocenters. The van der Waals surface area contributed by atoms with Crippen LogP contribution in [0.2, 0.25) is 0 Å². The normalized spacial score (nSPS) is 18.5. The van der Waals surface area contributed by atoms with Crippen molar-refractivity contribution in [3.05, 3.63) is 29.8 Å². The summed E-state index contributed by atoms with van der Waals surface area (Å²) in [5.74, 6) is -1.38. The Morgan fingerprint density at radius 1 is 1.18 bits per heavy atom. The number of nitrogens with zero attached hydrogens (tertiary/aromatic N) is 1. The zero-order chi connectivity index (χ0) is 12.3. The summed E-state index contributed by atoms with van der Waals surface area (Å²) in [5, 5.41) is 3.88. The van der Waals surface area contributed by atoms with Gasteiger partial charge in [-0.25, -0.2) is 8.78 Å². The summed E-state index contributed by atoms with van der Waals surface area (Å²) in [6.45, 7) is 0. The van der Waals surface area contributed by atoms with Gasteiger partial charge in [0, 0.05) is 12.5 Å². The summed E-state index contributed by atoms with van der Waals surface area (Å²) >= 11 is 0. The first-order valence-electron chi connectivity index (χ1n) is 5.47. The van der Waals surface area contributed by atoms with E-state index in [0.717, 1.165) is 25.0 Å². The van der Waals surface area contributed by atoms with Crippen molar-refractivity contribution in [1.29, 1.82) is 0 Å². The Labute approximate surface area is 97.5 Å². The number of halogens is 2. The summed E-state index contributed by atoms with van der Waals surface area (Å²) in [6.07, 6.45) is 2.89. The Morgan fingerprint density at radius 3 is 2.65 bits per heavy atom. The summed E-state index contributed by atoms with van der Waals surface area (Å²) in [6, 6.07) is 3.15. The Kier molecular flexibility index (Phi) is 3.46. The summed E-state index contributed by atoms with van der Waals surface area (Å²) in [5.41, 5.74) is 2.96. The first kappa shape index (κ1) is 11.7. The fraction of sp³-hybridized carbons (Fsp3) is 0.333. The highest BCUT2D eigenvalue weighted by atomic mass is 19.1. The molecule has 0 bridgehead atoms. The fourth-order valence-electron chi connectivity index (χ4n) is 1.69.